The minimum Gasteiger partial charge on any atom is -0.340 e. The van der Waals surface area contributed by atoms with Gasteiger partial charge in [0.1, 0.15) is 0 Å². The van der Waals surface area contributed by atoms with E-state index in [0.717, 1.165) is 18.8 Å². The van der Waals surface area contributed by atoms with Gasteiger partial charge in [0.15, 0.2) is 5.82 Å². The predicted octanol–water partition coefficient (Wildman–Crippen LogP) is 3.76. The van der Waals surface area contributed by atoms with Crippen LogP contribution in [0.3, 0.4) is 0 Å². The van der Waals surface area contributed by atoms with Crippen LogP contribution in [0.1, 0.15) is 40.2 Å². The molecule has 2 rings (SSSR count). The molecule has 0 bridgehead atoms. The van der Waals surface area contributed by atoms with E-state index in [1.54, 1.807) is 6.20 Å². The molecule has 0 amide bonds. The minimum absolute atomic E-state index is 0.158. The molecule has 0 aliphatic rings. The molecule has 0 atom stereocenters. The van der Waals surface area contributed by atoms with Crippen molar-refractivity contribution in [1.29, 1.82) is 0 Å². The first-order chi connectivity index (χ1) is 10.4. The van der Waals surface area contributed by atoms with E-state index < -0.39 is 0 Å². The molecule has 2 aromatic rings. The zero-order valence-electron chi connectivity index (χ0n) is 14.1. The third-order valence-corrected chi connectivity index (χ3v) is 3.62. The van der Waals surface area contributed by atoms with E-state index in [-0.39, 0.29) is 5.41 Å². The van der Waals surface area contributed by atoms with E-state index in [1.807, 2.05) is 0 Å². The second-order valence-corrected chi connectivity index (χ2v) is 6.27. The lowest BCUT2D eigenvalue weighted by Crippen LogP contribution is -2.24. The Morgan fingerprint density at radius 2 is 1.68 bits per heavy atom. The normalized spacial score (nSPS) is 11.3. The van der Waals surface area contributed by atoms with Crippen molar-refractivity contribution in [3.05, 3.63) is 36.0 Å². The van der Waals surface area contributed by atoms with Gasteiger partial charge in [-0.3, -0.25) is 0 Å². The molecule has 22 heavy (non-hydrogen) atoms. The maximum atomic E-state index is 4.52. The van der Waals surface area contributed by atoms with Crippen LogP contribution in [-0.4, -0.2) is 28.3 Å². The number of nitrogens with one attached hydrogen (secondary N) is 1. The van der Waals surface area contributed by atoms with E-state index in [0.29, 0.717) is 11.8 Å². The summed E-state index contributed by atoms with van der Waals surface area (Å²) in [6, 6.07) is 8.42. The molecule has 0 spiro atoms. The van der Waals surface area contributed by atoms with Crippen molar-refractivity contribution in [2.45, 2.75) is 40.0 Å². The molecule has 5 heteroatoms. The van der Waals surface area contributed by atoms with E-state index >= 15 is 0 Å². The van der Waals surface area contributed by atoms with Crippen molar-refractivity contribution in [2.75, 3.05) is 23.3 Å². The molecule has 0 fully saturated rings. The Labute approximate surface area is 132 Å². The molecule has 1 aromatic carbocycles. The number of hydrogen-bond donors (Lipinski definition) is 1. The maximum Gasteiger partial charge on any atom is 0.247 e. The molecule has 5 nitrogen and oxygen atoms in total. The fourth-order valence-electron chi connectivity index (χ4n) is 2.20. The quantitative estimate of drug-likeness (QED) is 0.911. The molecule has 118 valence electrons. The van der Waals surface area contributed by atoms with Gasteiger partial charge in [0, 0.05) is 18.8 Å². The van der Waals surface area contributed by atoms with E-state index in [9.17, 15) is 0 Å². The van der Waals surface area contributed by atoms with Gasteiger partial charge in [-0.1, -0.05) is 32.9 Å². The largest absolute Gasteiger partial charge is 0.340 e. The number of nitrogens with zero attached hydrogens (tertiary/aromatic N) is 4. The monoisotopic (exact) mass is 299 g/mol. The topological polar surface area (TPSA) is 53.9 Å². The highest BCUT2D eigenvalue weighted by molar-refractivity contribution is 5.57. The Balaban J connectivity index is 2.15. The molecule has 1 heterocycles. The van der Waals surface area contributed by atoms with E-state index in [1.165, 1.54) is 5.56 Å². The van der Waals surface area contributed by atoms with Crippen molar-refractivity contribution in [2.24, 2.45) is 0 Å². The fraction of sp³-hybridized carbons (Fsp3) is 0.471. The highest BCUT2D eigenvalue weighted by atomic mass is 15.3. The Hall–Kier alpha value is -2.17. The van der Waals surface area contributed by atoms with Crippen molar-refractivity contribution < 1.29 is 0 Å². The zero-order chi connectivity index (χ0) is 16.2. The molecule has 1 aromatic heterocycles. The molecule has 0 saturated heterocycles. The first kappa shape index (κ1) is 16.2. The molecule has 0 aliphatic carbocycles. The van der Waals surface area contributed by atoms with Gasteiger partial charge in [-0.2, -0.15) is 10.1 Å². The summed E-state index contributed by atoms with van der Waals surface area (Å²) in [5, 5.41) is 11.4. The lowest BCUT2D eigenvalue weighted by atomic mass is 9.87. The van der Waals surface area contributed by atoms with Gasteiger partial charge >= 0.3 is 0 Å². The van der Waals surface area contributed by atoms with Crippen LogP contribution in [0.2, 0.25) is 0 Å². The third-order valence-electron chi connectivity index (χ3n) is 3.62. The number of benzene rings is 1. The van der Waals surface area contributed by atoms with E-state index in [2.05, 4.69) is 84.3 Å². The third kappa shape index (κ3) is 3.93. The van der Waals surface area contributed by atoms with Gasteiger partial charge in [-0.15, -0.1) is 5.10 Å². The number of rotatable bonds is 5. The van der Waals surface area contributed by atoms with Crippen LogP contribution in [0.25, 0.3) is 0 Å². The number of anilines is 3. The van der Waals surface area contributed by atoms with Crippen LogP contribution in [0.4, 0.5) is 17.5 Å². The van der Waals surface area contributed by atoms with Crippen molar-refractivity contribution in [3.63, 3.8) is 0 Å². The molecular weight excluding hydrogens is 274 g/mol. The Morgan fingerprint density at radius 3 is 2.23 bits per heavy atom. The van der Waals surface area contributed by atoms with E-state index in [4.69, 9.17) is 0 Å². The summed E-state index contributed by atoms with van der Waals surface area (Å²) in [5.41, 5.74) is 2.46. The summed E-state index contributed by atoms with van der Waals surface area (Å²) in [6.45, 7) is 12.5. The summed E-state index contributed by atoms with van der Waals surface area (Å²) in [4.78, 5) is 6.59. The number of hydrogen-bond acceptors (Lipinski definition) is 5. The predicted molar refractivity (Wildman–Crippen MR) is 91.8 cm³/mol. The Morgan fingerprint density at radius 1 is 1.05 bits per heavy atom. The lowest BCUT2D eigenvalue weighted by Gasteiger charge is -2.20. The standard InChI is InChI=1S/C17H25N5/c1-6-22(7-2)16-20-15(12-18-21-16)19-14-10-8-13(9-11-14)17(3,4)5/h8-12H,6-7H2,1-5H3,(H,19,20,21). The molecule has 0 saturated carbocycles. The van der Waals surface area contributed by atoms with Gasteiger partial charge < -0.3 is 10.2 Å². The van der Waals surface area contributed by atoms with Crippen LogP contribution in [0.15, 0.2) is 30.5 Å². The highest BCUT2D eigenvalue weighted by Gasteiger charge is 2.13. The minimum atomic E-state index is 0.158. The molecule has 1 N–H and O–H groups in total. The smallest absolute Gasteiger partial charge is 0.247 e. The summed E-state index contributed by atoms with van der Waals surface area (Å²) >= 11 is 0. The first-order valence-electron chi connectivity index (χ1n) is 7.76. The van der Waals surface area contributed by atoms with Gasteiger partial charge in [0.05, 0.1) is 6.20 Å². The van der Waals surface area contributed by atoms with Crippen molar-refractivity contribution in [1.82, 2.24) is 15.2 Å². The Kier molecular flexibility index (Phi) is 4.96. The summed E-state index contributed by atoms with van der Waals surface area (Å²) < 4.78 is 0. The summed E-state index contributed by atoms with van der Waals surface area (Å²) in [6.07, 6.45) is 1.64. The van der Waals surface area contributed by atoms with Gasteiger partial charge in [-0.25, -0.2) is 0 Å². The molecule has 0 aliphatic heterocycles. The molecular formula is C17H25N5. The summed E-state index contributed by atoms with van der Waals surface area (Å²) in [5.74, 6) is 1.36. The average molecular weight is 299 g/mol. The van der Waals surface area contributed by atoms with Crippen molar-refractivity contribution in [3.8, 4) is 0 Å². The Bertz CT molecular complexity index is 597. The van der Waals surface area contributed by atoms with Gasteiger partial charge in [-0.05, 0) is 37.0 Å². The fourth-order valence-corrected chi connectivity index (χ4v) is 2.20. The zero-order valence-corrected chi connectivity index (χ0v) is 14.1. The van der Waals surface area contributed by atoms with Gasteiger partial charge in [0.2, 0.25) is 5.95 Å². The van der Waals surface area contributed by atoms with Gasteiger partial charge in [0.25, 0.3) is 0 Å². The average Bonchev–Trinajstić information content (AvgIpc) is 2.48. The number of aromatic nitrogens is 3. The van der Waals surface area contributed by atoms with Crippen LogP contribution in [0.5, 0.6) is 0 Å². The SMILES string of the molecule is CCN(CC)c1nncc(Nc2ccc(C(C)(C)C)cc2)n1. The maximum absolute atomic E-state index is 4.52. The second kappa shape index (κ2) is 6.73. The van der Waals surface area contributed by atoms with Crippen LogP contribution in [-0.2, 0) is 5.41 Å². The van der Waals surface area contributed by atoms with Crippen LogP contribution < -0.4 is 10.2 Å². The van der Waals surface area contributed by atoms with Crippen molar-refractivity contribution >= 4 is 17.5 Å². The van der Waals surface area contributed by atoms with Crippen LogP contribution in [0, 0.1) is 0 Å². The highest BCUT2D eigenvalue weighted by Crippen LogP contribution is 2.24. The summed E-state index contributed by atoms with van der Waals surface area (Å²) in [7, 11) is 0. The second-order valence-electron chi connectivity index (χ2n) is 6.27. The molecule has 0 unspecified atom stereocenters. The molecule has 0 radical (unpaired) electrons. The van der Waals surface area contributed by atoms with Crippen LogP contribution >= 0.6 is 0 Å². The first-order valence-corrected chi connectivity index (χ1v) is 7.76. The lowest BCUT2D eigenvalue weighted by molar-refractivity contribution is 0.590.